The predicted octanol–water partition coefficient (Wildman–Crippen LogP) is 5.28. The van der Waals surface area contributed by atoms with Crippen LogP contribution in [0.15, 0.2) is 76.7 Å². The quantitative estimate of drug-likeness (QED) is 0.169. The second-order valence-corrected chi connectivity index (χ2v) is 10.1. The Morgan fingerprint density at radius 1 is 1.03 bits per heavy atom. The summed E-state index contributed by atoms with van der Waals surface area (Å²) in [6, 6.07) is 17.0. The molecule has 0 atom stereocenters. The van der Waals surface area contributed by atoms with E-state index in [1.54, 1.807) is 49.6 Å². The number of thioether (sulfide) groups is 1. The van der Waals surface area contributed by atoms with Crippen molar-refractivity contribution in [1.29, 1.82) is 0 Å². The van der Waals surface area contributed by atoms with E-state index in [1.807, 2.05) is 0 Å². The van der Waals surface area contributed by atoms with Gasteiger partial charge in [-0.25, -0.2) is 9.37 Å². The van der Waals surface area contributed by atoms with Crippen molar-refractivity contribution < 1.29 is 18.7 Å². The largest absolute Gasteiger partial charge is 0.497 e. The van der Waals surface area contributed by atoms with E-state index in [2.05, 4.69) is 24.1 Å². The molecule has 0 saturated heterocycles. The van der Waals surface area contributed by atoms with Crippen LogP contribution in [-0.4, -0.2) is 40.6 Å². The summed E-state index contributed by atoms with van der Waals surface area (Å²) < 4.78 is 19.9. The van der Waals surface area contributed by atoms with Crippen molar-refractivity contribution in [2.24, 2.45) is 5.92 Å². The zero-order valence-electron chi connectivity index (χ0n) is 21.4. The zero-order chi connectivity index (χ0) is 27.2. The SMILES string of the molecule is COc1ccc(-n2c(SCC(=O)c3ccc(F)cc3)nc3cc(C(=O)NCCC(C)C)ccc3c2=O)cc1. The molecular weight excluding hydrogens is 505 g/mol. The smallest absolute Gasteiger partial charge is 0.266 e. The number of hydrogen-bond donors (Lipinski definition) is 1. The third kappa shape index (κ3) is 6.28. The normalized spacial score (nSPS) is 11.1. The van der Waals surface area contributed by atoms with Crippen LogP contribution < -0.4 is 15.6 Å². The molecular formula is C29H28FN3O4S. The van der Waals surface area contributed by atoms with Crippen LogP contribution in [0.3, 0.4) is 0 Å². The van der Waals surface area contributed by atoms with E-state index in [-0.39, 0.29) is 23.0 Å². The van der Waals surface area contributed by atoms with Gasteiger partial charge in [0.05, 0.1) is 29.5 Å². The number of carbonyl (C=O) groups excluding carboxylic acids is 2. The number of benzene rings is 3. The van der Waals surface area contributed by atoms with Crippen molar-refractivity contribution in [2.45, 2.75) is 25.4 Å². The summed E-state index contributed by atoms with van der Waals surface area (Å²) in [4.78, 5) is 43.8. The highest BCUT2D eigenvalue weighted by molar-refractivity contribution is 7.99. The Bertz CT molecular complexity index is 1520. The fourth-order valence-corrected chi connectivity index (χ4v) is 4.70. The number of rotatable bonds is 10. The molecule has 196 valence electrons. The highest BCUT2D eigenvalue weighted by Crippen LogP contribution is 2.24. The van der Waals surface area contributed by atoms with Gasteiger partial charge in [0.15, 0.2) is 10.9 Å². The first-order valence-corrected chi connectivity index (χ1v) is 13.2. The molecule has 1 N–H and O–H groups in total. The summed E-state index contributed by atoms with van der Waals surface area (Å²) in [6.45, 7) is 4.72. The number of nitrogens with zero attached hydrogens (tertiary/aromatic N) is 2. The minimum Gasteiger partial charge on any atom is -0.497 e. The van der Waals surface area contributed by atoms with Crippen LogP contribution in [0.25, 0.3) is 16.6 Å². The average molecular weight is 534 g/mol. The molecule has 9 heteroatoms. The topological polar surface area (TPSA) is 90.3 Å². The molecule has 0 unspecified atom stereocenters. The number of hydrogen-bond acceptors (Lipinski definition) is 6. The summed E-state index contributed by atoms with van der Waals surface area (Å²) in [6.07, 6.45) is 0.854. The van der Waals surface area contributed by atoms with Crippen LogP contribution in [-0.2, 0) is 0 Å². The first-order chi connectivity index (χ1) is 18.3. The second-order valence-electron chi connectivity index (χ2n) is 9.12. The summed E-state index contributed by atoms with van der Waals surface area (Å²) in [5.74, 6) is 0.169. The Morgan fingerprint density at radius 3 is 2.37 bits per heavy atom. The van der Waals surface area contributed by atoms with Crippen LogP contribution in [0.5, 0.6) is 5.75 Å². The molecule has 1 aromatic heterocycles. The fourth-order valence-electron chi connectivity index (χ4n) is 3.79. The fraction of sp³-hybridized carbons (Fsp3) is 0.241. The number of fused-ring (bicyclic) bond motifs is 1. The van der Waals surface area contributed by atoms with Crippen molar-refractivity contribution in [1.82, 2.24) is 14.9 Å². The Labute approximate surface area is 224 Å². The molecule has 0 saturated carbocycles. The molecule has 0 radical (unpaired) electrons. The van der Waals surface area contributed by atoms with E-state index in [0.717, 1.165) is 18.2 Å². The molecule has 1 heterocycles. The molecule has 38 heavy (non-hydrogen) atoms. The van der Waals surface area contributed by atoms with E-state index >= 15 is 0 Å². The first-order valence-electron chi connectivity index (χ1n) is 12.2. The lowest BCUT2D eigenvalue weighted by atomic mass is 10.1. The Hall–Kier alpha value is -3.98. The first kappa shape index (κ1) is 27.1. The summed E-state index contributed by atoms with van der Waals surface area (Å²) >= 11 is 1.10. The molecule has 0 aliphatic carbocycles. The minimum atomic E-state index is -0.428. The zero-order valence-corrected chi connectivity index (χ0v) is 22.2. The number of Topliss-reactive ketones (excluding diaryl/α,β-unsaturated/α-hetero) is 1. The van der Waals surface area contributed by atoms with Crippen molar-refractivity contribution in [3.63, 3.8) is 0 Å². The number of nitrogens with one attached hydrogen (secondary N) is 1. The molecule has 4 rings (SSSR count). The molecule has 0 spiro atoms. The van der Waals surface area contributed by atoms with Crippen molar-refractivity contribution in [3.05, 3.63) is 94.0 Å². The van der Waals surface area contributed by atoms with Gasteiger partial charge in [-0.05, 0) is 79.1 Å². The maximum atomic E-state index is 13.6. The number of ketones is 1. The number of halogens is 1. The second kappa shape index (κ2) is 12.0. The van der Waals surface area contributed by atoms with Crippen LogP contribution >= 0.6 is 11.8 Å². The molecule has 0 fully saturated rings. The summed E-state index contributed by atoms with van der Waals surface area (Å²) in [7, 11) is 1.55. The van der Waals surface area contributed by atoms with Crippen LogP contribution in [0.1, 0.15) is 41.0 Å². The Morgan fingerprint density at radius 2 is 1.71 bits per heavy atom. The van der Waals surface area contributed by atoms with E-state index < -0.39 is 5.82 Å². The monoisotopic (exact) mass is 533 g/mol. The molecule has 7 nitrogen and oxygen atoms in total. The van der Waals surface area contributed by atoms with Crippen LogP contribution in [0.4, 0.5) is 4.39 Å². The molecule has 0 bridgehead atoms. The standard InChI is InChI=1S/C29H28FN3O4S/c1-18(2)14-15-31-27(35)20-6-13-24-25(16-20)32-29(38-17-26(34)19-4-7-21(30)8-5-19)33(28(24)36)22-9-11-23(37-3)12-10-22/h4-13,16,18H,14-15,17H2,1-3H3,(H,31,35). The van der Waals surface area contributed by atoms with Gasteiger partial charge in [-0.15, -0.1) is 0 Å². The Kier molecular flexibility index (Phi) is 8.58. The van der Waals surface area contributed by atoms with Gasteiger partial charge >= 0.3 is 0 Å². The molecule has 0 aliphatic rings. The maximum Gasteiger partial charge on any atom is 0.266 e. The minimum absolute atomic E-state index is 0.0187. The lowest BCUT2D eigenvalue weighted by Crippen LogP contribution is -2.26. The highest BCUT2D eigenvalue weighted by atomic mass is 32.2. The molecule has 0 aliphatic heterocycles. The number of methoxy groups -OCH3 is 1. The van der Waals surface area contributed by atoms with Gasteiger partial charge < -0.3 is 10.1 Å². The highest BCUT2D eigenvalue weighted by Gasteiger charge is 2.17. The van der Waals surface area contributed by atoms with E-state index in [1.165, 1.54) is 28.8 Å². The third-order valence-corrected chi connectivity index (χ3v) is 6.88. The lowest BCUT2D eigenvalue weighted by molar-refractivity contribution is 0.0951. The number of carbonyl (C=O) groups is 2. The number of amides is 1. The van der Waals surface area contributed by atoms with Crippen LogP contribution in [0, 0.1) is 11.7 Å². The van der Waals surface area contributed by atoms with Crippen LogP contribution in [0.2, 0.25) is 0 Å². The molecule has 1 amide bonds. The van der Waals surface area contributed by atoms with Gasteiger partial charge in [-0.1, -0.05) is 25.6 Å². The van der Waals surface area contributed by atoms with Crippen molar-refractivity contribution in [2.75, 3.05) is 19.4 Å². The number of ether oxygens (including phenoxy) is 1. The van der Waals surface area contributed by atoms with Gasteiger partial charge in [-0.2, -0.15) is 0 Å². The van der Waals surface area contributed by atoms with E-state index in [0.29, 0.717) is 51.1 Å². The van der Waals surface area contributed by atoms with Crippen molar-refractivity contribution >= 4 is 34.4 Å². The lowest BCUT2D eigenvalue weighted by Gasteiger charge is -2.14. The predicted molar refractivity (Wildman–Crippen MR) is 147 cm³/mol. The molecule has 3 aromatic carbocycles. The van der Waals surface area contributed by atoms with Gasteiger partial charge in [0, 0.05) is 17.7 Å². The van der Waals surface area contributed by atoms with Gasteiger partial charge in [0.1, 0.15) is 11.6 Å². The van der Waals surface area contributed by atoms with E-state index in [4.69, 9.17) is 4.74 Å². The summed E-state index contributed by atoms with van der Waals surface area (Å²) in [5.41, 5.74) is 1.33. The van der Waals surface area contributed by atoms with Gasteiger partial charge in [0.2, 0.25) is 0 Å². The van der Waals surface area contributed by atoms with Gasteiger partial charge in [0.25, 0.3) is 11.5 Å². The maximum absolute atomic E-state index is 13.6. The number of aromatic nitrogens is 2. The Balaban J connectivity index is 1.72. The van der Waals surface area contributed by atoms with Gasteiger partial charge in [-0.3, -0.25) is 19.0 Å². The average Bonchev–Trinajstić information content (AvgIpc) is 2.91. The third-order valence-electron chi connectivity index (χ3n) is 5.94. The summed E-state index contributed by atoms with van der Waals surface area (Å²) in [5, 5.41) is 3.53. The van der Waals surface area contributed by atoms with E-state index in [9.17, 15) is 18.8 Å². The molecule has 4 aromatic rings. The van der Waals surface area contributed by atoms with Crippen molar-refractivity contribution in [3.8, 4) is 11.4 Å².